The van der Waals surface area contributed by atoms with Gasteiger partial charge in [0.2, 0.25) is 11.8 Å². The lowest BCUT2D eigenvalue weighted by Crippen LogP contribution is -2.46. The molecule has 0 saturated heterocycles. The standard InChI is InChI=1S/C16H15ClN4O3/c1-7(2)21-13-12(14(23)20-21)16(6-11(22)19-13)9-5-8(17)3-4-10(9)18-15(16)24/h3-5,7H,6H2,1-2H3,(H,18,24)(H,19,22)(H,20,23)/t16-/m0/s1. The molecule has 0 bridgehead atoms. The van der Waals surface area contributed by atoms with Crippen LogP contribution in [0, 0.1) is 0 Å². The van der Waals surface area contributed by atoms with Gasteiger partial charge in [-0.15, -0.1) is 0 Å². The summed E-state index contributed by atoms with van der Waals surface area (Å²) in [6.45, 7) is 3.76. The number of rotatable bonds is 1. The van der Waals surface area contributed by atoms with Crippen molar-refractivity contribution < 1.29 is 9.59 Å². The van der Waals surface area contributed by atoms with Crippen LogP contribution < -0.4 is 16.2 Å². The lowest BCUT2D eigenvalue weighted by molar-refractivity contribution is -0.125. The minimum absolute atomic E-state index is 0.0832. The molecular formula is C16H15ClN4O3. The van der Waals surface area contributed by atoms with Crippen molar-refractivity contribution in [3.8, 4) is 0 Å². The van der Waals surface area contributed by atoms with Gasteiger partial charge in [0.05, 0.1) is 12.0 Å². The SMILES string of the molecule is CC(C)n1[nH]c(=O)c2c1NC(=O)C[C@@]21C(=O)Nc2ccc(Cl)cc21. The van der Waals surface area contributed by atoms with Crippen LogP contribution in [0.5, 0.6) is 0 Å². The van der Waals surface area contributed by atoms with Crippen molar-refractivity contribution in [1.82, 2.24) is 9.78 Å². The van der Waals surface area contributed by atoms with E-state index in [2.05, 4.69) is 15.7 Å². The molecule has 2 aliphatic heterocycles. The van der Waals surface area contributed by atoms with Crippen molar-refractivity contribution in [2.24, 2.45) is 0 Å². The molecule has 2 aliphatic rings. The summed E-state index contributed by atoms with van der Waals surface area (Å²) in [5, 5.41) is 8.67. The Balaban J connectivity index is 2.09. The number of anilines is 2. The van der Waals surface area contributed by atoms with Crippen LogP contribution >= 0.6 is 11.6 Å². The molecule has 0 radical (unpaired) electrons. The Morgan fingerprint density at radius 1 is 1.21 bits per heavy atom. The summed E-state index contributed by atoms with van der Waals surface area (Å²) in [5.41, 5.74) is -0.355. The molecule has 2 aromatic rings. The van der Waals surface area contributed by atoms with Gasteiger partial charge in [-0.25, -0.2) is 0 Å². The Labute approximate surface area is 142 Å². The van der Waals surface area contributed by atoms with E-state index in [9.17, 15) is 14.4 Å². The predicted octanol–water partition coefficient (Wildman–Crippen LogP) is 1.99. The molecule has 7 nitrogen and oxygen atoms in total. The zero-order valence-electron chi connectivity index (χ0n) is 13.1. The maximum absolute atomic E-state index is 12.9. The first-order valence-electron chi connectivity index (χ1n) is 7.61. The Morgan fingerprint density at radius 3 is 2.67 bits per heavy atom. The monoisotopic (exact) mass is 346 g/mol. The molecule has 24 heavy (non-hydrogen) atoms. The highest BCUT2D eigenvalue weighted by Crippen LogP contribution is 2.49. The number of fused-ring (bicyclic) bond motifs is 4. The zero-order valence-corrected chi connectivity index (χ0v) is 13.8. The van der Waals surface area contributed by atoms with Gasteiger partial charge < -0.3 is 10.6 Å². The molecule has 1 spiro atoms. The van der Waals surface area contributed by atoms with Crippen LogP contribution in [0.25, 0.3) is 0 Å². The zero-order chi connectivity index (χ0) is 17.2. The summed E-state index contributed by atoms with van der Waals surface area (Å²) >= 11 is 6.10. The molecule has 0 fully saturated rings. The Kier molecular flexibility index (Phi) is 2.96. The van der Waals surface area contributed by atoms with E-state index in [1.165, 1.54) is 0 Å². The number of aromatic nitrogens is 2. The number of aromatic amines is 1. The molecule has 8 heteroatoms. The molecule has 1 aromatic heterocycles. The average molecular weight is 347 g/mol. The smallest absolute Gasteiger partial charge is 0.270 e. The number of amides is 2. The van der Waals surface area contributed by atoms with Crippen LogP contribution in [0.15, 0.2) is 23.0 Å². The Hall–Kier alpha value is -2.54. The van der Waals surface area contributed by atoms with Crippen LogP contribution in [0.2, 0.25) is 5.02 Å². The number of H-pyrrole nitrogens is 1. The van der Waals surface area contributed by atoms with E-state index in [0.29, 0.717) is 22.1 Å². The first-order chi connectivity index (χ1) is 11.3. The molecule has 0 aliphatic carbocycles. The molecular weight excluding hydrogens is 332 g/mol. The number of nitrogens with one attached hydrogen (secondary N) is 3. The van der Waals surface area contributed by atoms with Crippen molar-refractivity contribution in [3.63, 3.8) is 0 Å². The summed E-state index contributed by atoms with van der Waals surface area (Å²) in [5.74, 6) is -0.365. The van der Waals surface area contributed by atoms with E-state index >= 15 is 0 Å². The molecule has 0 saturated carbocycles. The van der Waals surface area contributed by atoms with Crippen molar-refractivity contribution in [2.45, 2.75) is 31.7 Å². The van der Waals surface area contributed by atoms with Crippen molar-refractivity contribution in [1.29, 1.82) is 0 Å². The van der Waals surface area contributed by atoms with Gasteiger partial charge in [0.25, 0.3) is 5.56 Å². The van der Waals surface area contributed by atoms with Gasteiger partial charge in [-0.1, -0.05) is 11.6 Å². The summed E-state index contributed by atoms with van der Waals surface area (Å²) in [4.78, 5) is 37.9. The molecule has 4 rings (SSSR count). The van der Waals surface area contributed by atoms with Crippen LogP contribution in [-0.4, -0.2) is 21.6 Å². The van der Waals surface area contributed by atoms with Crippen LogP contribution in [0.1, 0.15) is 37.4 Å². The molecule has 3 heterocycles. The molecule has 124 valence electrons. The Bertz CT molecular complexity index is 959. The van der Waals surface area contributed by atoms with E-state index in [-0.39, 0.29) is 35.4 Å². The van der Waals surface area contributed by atoms with E-state index in [1.54, 1.807) is 22.9 Å². The lowest BCUT2D eigenvalue weighted by atomic mass is 9.71. The quantitative estimate of drug-likeness (QED) is 0.736. The van der Waals surface area contributed by atoms with E-state index < -0.39 is 5.41 Å². The highest BCUT2D eigenvalue weighted by molar-refractivity contribution is 6.31. The fourth-order valence-corrected chi connectivity index (χ4v) is 3.79. The van der Waals surface area contributed by atoms with Crippen molar-refractivity contribution >= 4 is 34.9 Å². The van der Waals surface area contributed by atoms with E-state index in [0.717, 1.165) is 0 Å². The van der Waals surface area contributed by atoms with Gasteiger partial charge in [-0.2, -0.15) is 0 Å². The van der Waals surface area contributed by atoms with Crippen LogP contribution in [-0.2, 0) is 15.0 Å². The van der Waals surface area contributed by atoms with E-state index in [4.69, 9.17) is 11.6 Å². The summed E-state index contributed by atoms with van der Waals surface area (Å²) < 4.78 is 1.58. The van der Waals surface area contributed by atoms with Gasteiger partial charge in [0.15, 0.2) is 0 Å². The maximum Gasteiger partial charge on any atom is 0.270 e. The molecule has 1 atom stereocenters. The third-order valence-corrected chi connectivity index (χ3v) is 4.87. The van der Waals surface area contributed by atoms with Crippen LogP contribution in [0.3, 0.4) is 0 Å². The molecule has 3 N–H and O–H groups in total. The number of halogens is 1. The second-order valence-electron chi connectivity index (χ2n) is 6.40. The second-order valence-corrected chi connectivity index (χ2v) is 6.84. The topological polar surface area (TPSA) is 96.0 Å². The van der Waals surface area contributed by atoms with Gasteiger partial charge in [-0.3, -0.25) is 24.2 Å². The fourth-order valence-electron chi connectivity index (χ4n) is 3.61. The lowest BCUT2D eigenvalue weighted by Gasteiger charge is -2.31. The largest absolute Gasteiger partial charge is 0.325 e. The number of hydrogen-bond donors (Lipinski definition) is 3. The summed E-state index contributed by atoms with van der Waals surface area (Å²) in [6.07, 6.45) is -0.135. The van der Waals surface area contributed by atoms with E-state index in [1.807, 2.05) is 13.8 Å². The third kappa shape index (κ3) is 1.76. The highest BCUT2D eigenvalue weighted by Gasteiger charge is 2.55. The maximum atomic E-state index is 12.9. The van der Waals surface area contributed by atoms with Crippen LogP contribution in [0.4, 0.5) is 11.5 Å². The van der Waals surface area contributed by atoms with Crippen molar-refractivity contribution in [3.05, 3.63) is 44.7 Å². The normalized spacial score (nSPS) is 21.7. The fraction of sp³-hybridized carbons (Fsp3) is 0.312. The van der Waals surface area contributed by atoms with Gasteiger partial charge in [-0.05, 0) is 37.6 Å². The first kappa shape index (κ1) is 15.0. The summed E-state index contributed by atoms with van der Waals surface area (Å²) in [6, 6.07) is 4.90. The highest BCUT2D eigenvalue weighted by atomic mass is 35.5. The van der Waals surface area contributed by atoms with Gasteiger partial charge in [0.1, 0.15) is 11.2 Å². The predicted molar refractivity (Wildman–Crippen MR) is 89.5 cm³/mol. The second kappa shape index (κ2) is 4.73. The minimum Gasteiger partial charge on any atom is -0.325 e. The number of carbonyl (C=O) groups is 2. The average Bonchev–Trinajstić information content (AvgIpc) is 2.97. The van der Waals surface area contributed by atoms with Gasteiger partial charge >= 0.3 is 0 Å². The number of hydrogen-bond acceptors (Lipinski definition) is 3. The Morgan fingerprint density at radius 2 is 1.96 bits per heavy atom. The molecule has 0 unspecified atom stereocenters. The number of nitrogens with zero attached hydrogens (tertiary/aromatic N) is 1. The van der Waals surface area contributed by atoms with Crippen molar-refractivity contribution in [2.75, 3.05) is 10.6 Å². The molecule has 1 aromatic carbocycles. The minimum atomic E-state index is -1.36. The molecule has 2 amide bonds. The van der Waals surface area contributed by atoms with Gasteiger partial charge in [0, 0.05) is 16.8 Å². The number of benzene rings is 1. The summed E-state index contributed by atoms with van der Waals surface area (Å²) in [7, 11) is 0. The number of carbonyl (C=O) groups excluding carboxylic acids is 2. The first-order valence-corrected chi connectivity index (χ1v) is 7.98. The third-order valence-electron chi connectivity index (χ3n) is 4.63.